The summed E-state index contributed by atoms with van der Waals surface area (Å²) in [7, 11) is 0. The minimum Gasteiger partial charge on any atom is -0.385 e. The molecule has 1 fully saturated rings. The lowest BCUT2D eigenvalue weighted by atomic mass is 10.2. The van der Waals surface area contributed by atoms with E-state index in [9.17, 15) is 0 Å². The van der Waals surface area contributed by atoms with Crippen molar-refractivity contribution < 1.29 is 0 Å². The zero-order valence-corrected chi connectivity index (χ0v) is 13.0. The van der Waals surface area contributed by atoms with Gasteiger partial charge in [0.25, 0.3) is 0 Å². The lowest BCUT2D eigenvalue weighted by molar-refractivity contribution is 0.260. The Balaban J connectivity index is 1.94. The fourth-order valence-corrected chi connectivity index (χ4v) is 3.97. The summed E-state index contributed by atoms with van der Waals surface area (Å²) >= 11 is 2.10. The lowest BCUT2D eigenvalue weighted by Crippen LogP contribution is -2.39. The number of nitrogens with one attached hydrogen (secondary N) is 1. The zero-order chi connectivity index (χ0) is 13.7. The van der Waals surface area contributed by atoms with Crippen LogP contribution < -0.4 is 5.32 Å². The number of pyridine rings is 1. The molecule has 1 saturated heterocycles. The first-order chi connectivity index (χ1) is 9.17. The van der Waals surface area contributed by atoms with Crippen LogP contribution in [0.2, 0.25) is 0 Å². The highest BCUT2D eigenvalue weighted by Crippen LogP contribution is 2.25. The molecule has 0 aromatic carbocycles. The Morgan fingerprint density at radius 2 is 2.11 bits per heavy atom. The molecule has 19 heavy (non-hydrogen) atoms. The van der Waals surface area contributed by atoms with Gasteiger partial charge < -0.3 is 5.32 Å². The molecule has 0 aliphatic carbocycles. The van der Waals surface area contributed by atoms with Crippen LogP contribution in [0, 0.1) is 0 Å². The lowest BCUT2D eigenvalue weighted by Gasteiger charge is -2.34. The van der Waals surface area contributed by atoms with Gasteiger partial charge in [-0.3, -0.25) is 9.88 Å². The highest BCUT2D eigenvalue weighted by atomic mass is 32.2. The third-order valence-corrected chi connectivity index (χ3v) is 4.50. The van der Waals surface area contributed by atoms with Crippen LogP contribution in [0.5, 0.6) is 0 Å². The number of anilines is 1. The molecule has 0 radical (unpaired) electrons. The Labute approximate surface area is 121 Å². The second-order valence-electron chi connectivity index (χ2n) is 5.41. The Morgan fingerprint density at radius 3 is 2.79 bits per heavy atom. The van der Waals surface area contributed by atoms with Crippen molar-refractivity contribution in [3.8, 4) is 0 Å². The molecule has 0 spiro atoms. The molecule has 1 aliphatic heterocycles. The van der Waals surface area contributed by atoms with E-state index in [0.717, 1.165) is 30.0 Å². The van der Waals surface area contributed by atoms with E-state index in [1.54, 1.807) is 0 Å². The summed E-state index contributed by atoms with van der Waals surface area (Å²) in [4.78, 5) is 7.03. The third kappa shape index (κ3) is 4.69. The monoisotopic (exact) mass is 279 g/mol. The van der Waals surface area contributed by atoms with Crippen LogP contribution in [0.4, 0.5) is 5.69 Å². The predicted octanol–water partition coefficient (Wildman–Crippen LogP) is 3.23. The molecule has 0 amide bonds. The molecule has 1 aromatic heterocycles. The van der Waals surface area contributed by atoms with Crippen molar-refractivity contribution in [2.75, 3.05) is 25.0 Å². The molecule has 2 rings (SSSR count). The van der Waals surface area contributed by atoms with Crippen LogP contribution in [0.3, 0.4) is 0 Å². The molecular weight excluding hydrogens is 254 g/mol. The minimum atomic E-state index is 0.727. The summed E-state index contributed by atoms with van der Waals surface area (Å²) in [6, 6.07) is 4.24. The predicted molar refractivity (Wildman–Crippen MR) is 84.8 cm³/mol. The van der Waals surface area contributed by atoms with Crippen LogP contribution in [-0.2, 0) is 6.54 Å². The number of rotatable bonds is 5. The number of hydrogen-bond acceptors (Lipinski definition) is 4. The summed E-state index contributed by atoms with van der Waals surface area (Å²) in [6.45, 7) is 11.2. The smallest absolute Gasteiger partial charge is 0.0564 e. The Hall–Kier alpha value is -0.740. The maximum absolute atomic E-state index is 4.50. The van der Waals surface area contributed by atoms with E-state index in [1.807, 2.05) is 6.20 Å². The number of aromatic nitrogens is 1. The Morgan fingerprint density at radius 1 is 1.37 bits per heavy atom. The van der Waals surface area contributed by atoms with Gasteiger partial charge in [-0.1, -0.05) is 20.8 Å². The average Bonchev–Trinajstić information content (AvgIpc) is 2.35. The molecule has 3 nitrogen and oxygen atoms in total. The number of hydrogen-bond donors (Lipinski definition) is 1. The van der Waals surface area contributed by atoms with Crippen LogP contribution in [0.25, 0.3) is 0 Å². The van der Waals surface area contributed by atoms with Gasteiger partial charge in [0.05, 0.1) is 5.69 Å². The first-order valence-corrected chi connectivity index (χ1v) is 8.18. The molecule has 1 aromatic rings. The molecule has 2 unspecified atom stereocenters. The van der Waals surface area contributed by atoms with E-state index in [2.05, 4.69) is 59.9 Å². The fraction of sp³-hybridized carbons (Fsp3) is 0.667. The van der Waals surface area contributed by atoms with E-state index in [0.29, 0.717) is 0 Å². The summed E-state index contributed by atoms with van der Waals surface area (Å²) in [6.07, 6.45) is 3.06. The molecule has 0 bridgehead atoms. The van der Waals surface area contributed by atoms with Crippen molar-refractivity contribution in [3.63, 3.8) is 0 Å². The fourth-order valence-electron chi connectivity index (χ4n) is 2.59. The van der Waals surface area contributed by atoms with Crippen molar-refractivity contribution in [2.45, 2.75) is 44.2 Å². The van der Waals surface area contributed by atoms with Gasteiger partial charge in [0.2, 0.25) is 0 Å². The normalized spacial score (nSPS) is 24.4. The second kappa shape index (κ2) is 7.15. The van der Waals surface area contributed by atoms with Crippen molar-refractivity contribution in [2.24, 2.45) is 0 Å². The maximum Gasteiger partial charge on any atom is 0.0564 e. The zero-order valence-electron chi connectivity index (χ0n) is 12.2. The van der Waals surface area contributed by atoms with Gasteiger partial charge in [0, 0.05) is 48.6 Å². The molecule has 2 heterocycles. The van der Waals surface area contributed by atoms with E-state index in [-0.39, 0.29) is 0 Å². The summed E-state index contributed by atoms with van der Waals surface area (Å²) in [5.41, 5.74) is 2.37. The van der Waals surface area contributed by atoms with Crippen LogP contribution in [-0.4, -0.2) is 40.0 Å². The van der Waals surface area contributed by atoms with Crippen molar-refractivity contribution >= 4 is 17.4 Å². The second-order valence-corrected chi connectivity index (χ2v) is 7.30. The average molecular weight is 279 g/mol. The van der Waals surface area contributed by atoms with Crippen LogP contribution in [0.15, 0.2) is 18.3 Å². The van der Waals surface area contributed by atoms with E-state index >= 15 is 0 Å². The highest BCUT2D eigenvalue weighted by molar-refractivity contribution is 8.00. The summed E-state index contributed by atoms with van der Waals surface area (Å²) in [5.74, 6) is 0. The van der Waals surface area contributed by atoms with Gasteiger partial charge in [0.15, 0.2) is 0 Å². The van der Waals surface area contributed by atoms with Gasteiger partial charge in [0.1, 0.15) is 0 Å². The number of thioether (sulfide) groups is 1. The van der Waals surface area contributed by atoms with Gasteiger partial charge in [-0.05, 0) is 18.6 Å². The third-order valence-electron chi connectivity index (χ3n) is 3.28. The molecule has 4 heteroatoms. The molecular formula is C15H25N3S. The van der Waals surface area contributed by atoms with Gasteiger partial charge >= 0.3 is 0 Å². The molecule has 1 N–H and O–H groups in total. The molecule has 106 valence electrons. The summed E-state index contributed by atoms with van der Waals surface area (Å²) in [5, 5.41) is 4.88. The van der Waals surface area contributed by atoms with Crippen molar-refractivity contribution in [1.29, 1.82) is 0 Å². The SMILES string of the molecule is CCCNc1ccnc(CN2CC(C)SC(C)C2)c1. The van der Waals surface area contributed by atoms with Gasteiger partial charge in [-0.25, -0.2) is 0 Å². The van der Waals surface area contributed by atoms with Crippen molar-refractivity contribution in [3.05, 3.63) is 24.0 Å². The summed E-state index contributed by atoms with van der Waals surface area (Å²) < 4.78 is 0. The molecule has 1 aliphatic rings. The quantitative estimate of drug-likeness (QED) is 0.895. The standard InChI is InChI=1S/C15H25N3S/c1-4-6-16-14-5-7-17-15(8-14)11-18-9-12(2)19-13(3)10-18/h5,7-8,12-13H,4,6,9-11H2,1-3H3,(H,16,17). The van der Waals surface area contributed by atoms with Crippen molar-refractivity contribution in [1.82, 2.24) is 9.88 Å². The van der Waals surface area contributed by atoms with E-state index < -0.39 is 0 Å². The van der Waals surface area contributed by atoms with E-state index in [1.165, 1.54) is 24.5 Å². The van der Waals surface area contributed by atoms with Gasteiger partial charge in [-0.2, -0.15) is 11.8 Å². The maximum atomic E-state index is 4.50. The largest absolute Gasteiger partial charge is 0.385 e. The topological polar surface area (TPSA) is 28.2 Å². The Bertz CT molecular complexity index is 387. The highest BCUT2D eigenvalue weighted by Gasteiger charge is 2.22. The molecule has 2 atom stereocenters. The van der Waals surface area contributed by atoms with Crippen LogP contribution >= 0.6 is 11.8 Å². The van der Waals surface area contributed by atoms with E-state index in [4.69, 9.17) is 0 Å². The minimum absolute atomic E-state index is 0.727. The Kier molecular flexibility index (Phi) is 5.52. The van der Waals surface area contributed by atoms with Crippen LogP contribution in [0.1, 0.15) is 32.9 Å². The first kappa shape index (κ1) is 14.7. The molecule has 0 saturated carbocycles. The number of nitrogens with zero attached hydrogens (tertiary/aromatic N) is 2. The van der Waals surface area contributed by atoms with Gasteiger partial charge in [-0.15, -0.1) is 0 Å². The first-order valence-electron chi connectivity index (χ1n) is 7.24.